The van der Waals surface area contributed by atoms with Gasteiger partial charge in [0.15, 0.2) is 0 Å². The van der Waals surface area contributed by atoms with Gasteiger partial charge in [0.05, 0.1) is 11.1 Å². The summed E-state index contributed by atoms with van der Waals surface area (Å²) in [5.41, 5.74) is 2.47. The summed E-state index contributed by atoms with van der Waals surface area (Å²) in [4.78, 5) is 11.2. The third-order valence-corrected chi connectivity index (χ3v) is 8.44. The fourth-order valence-electron chi connectivity index (χ4n) is 4.31. The number of hydrogen-bond acceptors (Lipinski definition) is 3. The molecule has 4 aromatic rings. The van der Waals surface area contributed by atoms with E-state index in [1.54, 1.807) is 36.4 Å². The van der Waals surface area contributed by atoms with Crippen LogP contribution in [0.1, 0.15) is 57.8 Å². The summed E-state index contributed by atoms with van der Waals surface area (Å²) in [6.07, 6.45) is 1.45. The van der Waals surface area contributed by atoms with Crippen molar-refractivity contribution in [1.29, 1.82) is 0 Å². The first-order valence-corrected chi connectivity index (χ1v) is 13.2. The highest BCUT2D eigenvalue weighted by molar-refractivity contribution is 7.90. The first kappa shape index (κ1) is 25.7. The van der Waals surface area contributed by atoms with E-state index in [-0.39, 0.29) is 6.42 Å². The van der Waals surface area contributed by atoms with Gasteiger partial charge in [-0.15, -0.1) is 6.58 Å². The van der Waals surface area contributed by atoms with E-state index >= 15 is 0 Å². The smallest absolute Gasteiger partial charge is 0.338 e. The summed E-state index contributed by atoms with van der Waals surface area (Å²) in [7, 11) is -4.05. The second-order valence-electron chi connectivity index (χ2n) is 8.92. The van der Waals surface area contributed by atoms with Crippen LogP contribution in [0.15, 0.2) is 79.4 Å². The predicted octanol–water partition coefficient (Wildman–Crippen LogP) is 6.95. The summed E-state index contributed by atoms with van der Waals surface area (Å²) in [6.45, 7) is 7.92. The van der Waals surface area contributed by atoms with Crippen molar-refractivity contribution in [1.82, 2.24) is 3.97 Å². The van der Waals surface area contributed by atoms with Crippen LogP contribution in [-0.2, 0) is 16.4 Å². The number of hydrogen-bond donors (Lipinski definition) is 1. The number of halogens is 2. The molecule has 0 saturated heterocycles. The van der Waals surface area contributed by atoms with Crippen LogP contribution in [0, 0.1) is 5.82 Å². The second-order valence-corrected chi connectivity index (χ2v) is 11.3. The lowest BCUT2D eigenvalue weighted by atomic mass is 10.0. The molecule has 0 aliphatic rings. The van der Waals surface area contributed by atoms with E-state index in [1.807, 2.05) is 12.1 Å². The third kappa shape index (κ3) is 4.81. The van der Waals surface area contributed by atoms with E-state index in [2.05, 4.69) is 20.4 Å². The first-order chi connectivity index (χ1) is 17.0. The molecule has 0 amide bonds. The Morgan fingerprint density at radius 2 is 1.72 bits per heavy atom. The van der Waals surface area contributed by atoms with Gasteiger partial charge >= 0.3 is 5.97 Å². The zero-order valence-corrected chi connectivity index (χ0v) is 21.4. The Bertz CT molecular complexity index is 1570. The van der Waals surface area contributed by atoms with Crippen LogP contribution in [0.2, 0.25) is 5.02 Å². The van der Waals surface area contributed by atoms with Gasteiger partial charge in [0.1, 0.15) is 11.1 Å². The highest BCUT2D eigenvalue weighted by atomic mass is 35.5. The Morgan fingerprint density at radius 1 is 1.06 bits per heavy atom. The van der Waals surface area contributed by atoms with Crippen molar-refractivity contribution in [3.8, 4) is 0 Å². The first-order valence-electron chi connectivity index (χ1n) is 11.3. The molecule has 0 fully saturated rings. The Morgan fingerprint density at radius 3 is 2.31 bits per heavy atom. The molecule has 0 radical (unpaired) electrons. The molecule has 1 aromatic heterocycles. The number of carboxylic acid groups (broad SMARTS) is 1. The summed E-state index contributed by atoms with van der Waals surface area (Å²) < 4.78 is 43.7. The zero-order valence-electron chi connectivity index (χ0n) is 19.8. The largest absolute Gasteiger partial charge is 0.478 e. The van der Waals surface area contributed by atoms with Gasteiger partial charge in [-0.2, -0.15) is 0 Å². The van der Waals surface area contributed by atoms with Crippen LogP contribution in [0.4, 0.5) is 4.39 Å². The molecule has 0 spiro atoms. The van der Waals surface area contributed by atoms with Gasteiger partial charge in [-0.3, -0.25) is 0 Å². The van der Waals surface area contributed by atoms with Crippen molar-refractivity contribution < 1.29 is 22.7 Å². The topological polar surface area (TPSA) is 76.4 Å². The number of benzene rings is 3. The molecular formula is C28H25ClFNO4S. The fourth-order valence-corrected chi connectivity index (χ4v) is 6.34. The molecule has 1 unspecified atom stereocenters. The molecule has 0 aliphatic heterocycles. The molecule has 4 rings (SSSR count). The van der Waals surface area contributed by atoms with Gasteiger partial charge in [0.2, 0.25) is 10.0 Å². The number of carbonyl (C=O) groups is 1. The molecule has 186 valence electrons. The van der Waals surface area contributed by atoms with Crippen LogP contribution >= 0.6 is 11.6 Å². The molecule has 0 saturated carbocycles. The van der Waals surface area contributed by atoms with Gasteiger partial charge in [-0.25, -0.2) is 21.6 Å². The molecule has 0 aliphatic carbocycles. The molecule has 36 heavy (non-hydrogen) atoms. The summed E-state index contributed by atoms with van der Waals surface area (Å²) >= 11 is 6.17. The lowest BCUT2D eigenvalue weighted by Gasteiger charge is -2.19. The molecule has 1 heterocycles. The highest BCUT2D eigenvalue weighted by Gasteiger charge is 2.30. The highest BCUT2D eigenvalue weighted by Crippen LogP contribution is 2.34. The molecule has 0 bridgehead atoms. The zero-order chi connectivity index (χ0) is 26.2. The molecule has 1 N–H and O–H groups in total. The summed E-state index contributed by atoms with van der Waals surface area (Å²) in [5.74, 6) is -1.96. The monoisotopic (exact) mass is 525 g/mol. The van der Waals surface area contributed by atoms with Gasteiger partial charge in [-0.05, 0) is 59.0 Å². The quantitative estimate of drug-likeness (QED) is 0.252. The van der Waals surface area contributed by atoms with Crippen molar-refractivity contribution in [3.63, 3.8) is 0 Å². The molecule has 1 atom stereocenters. The number of nitrogens with zero attached hydrogens (tertiary/aromatic N) is 1. The lowest BCUT2D eigenvalue weighted by molar-refractivity contribution is 0.0692. The fraction of sp³-hybridized carbons (Fsp3) is 0.179. The second kappa shape index (κ2) is 9.91. The minimum atomic E-state index is -4.05. The maximum Gasteiger partial charge on any atom is 0.338 e. The van der Waals surface area contributed by atoms with E-state index in [4.69, 9.17) is 16.7 Å². The average molecular weight is 526 g/mol. The maximum absolute atomic E-state index is 14.4. The Kier molecular flexibility index (Phi) is 7.07. The van der Waals surface area contributed by atoms with Gasteiger partial charge in [0.25, 0.3) is 0 Å². The van der Waals surface area contributed by atoms with E-state index in [9.17, 15) is 17.6 Å². The van der Waals surface area contributed by atoms with Crippen LogP contribution < -0.4 is 0 Å². The van der Waals surface area contributed by atoms with Gasteiger partial charge in [-0.1, -0.05) is 61.9 Å². The minimum Gasteiger partial charge on any atom is -0.478 e. The van der Waals surface area contributed by atoms with Gasteiger partial charge < -0.3 is 5.11 Å². The summed E-state index contributed by atoms with van der Waals surface area (Å²) in [6, 6.07) is 17.8. The van der Waals surface area contributed by atoms with Crippen LogP contribution in [0.5, 0.6) is 0 Å². The number of aromatic carboxylic acids is 1. The molecular weight excluding hydrogens is 501 g/mol. The number of carboxylic acids is 1. The number of rotatable bonds is 8. The van der Waals surface area contributed by atoms with Crippen molar-refractivity contribution >= 4 is 38.5 Å². The number of fused-ring (bicyclic) bond motifs is 1. The van der Waals surface area contributed by atoms with Crippen molar-refractivity contribution in [3.05, 3.63) is 118 Å². The van der Waals surface area contributed by atoms with Crippen LogP contribution in [-0.4, -0.2) is 23.5 Å². The van der Waals surface area contributed by atoms with E-state index in [0.29, 0.717) is 38.7 Å². The van der Waals surface area contributed by atoms with Crippen molar-refractivity contribution in [2.45, 2.75) is 31.4 Å². The van der Waals surface area contributed by atoms with Crippen LogP contribution in [0.25, 0.3) is 10.9 Å². The standard InChI is InChI=1S/C28H25ClFNO4S/c1-4-27(20-8-6-19(7-9-20)17(2)3)36(34,35)31-23(16-21-15-22(29)10-12-26(21)31)13-18-5-11-24(28(32)33)25(30)14-18/h4-12,14-17,27H,1,13H2,2-3H3,(H,32,33). The Hall–Kier alpha value is -3.42. The normalized spacial score (nSPS) is 12.7. The Balaban J connectivity index is 1.85. The third-order valence-electron chi connectivity index (χ3n) is 6.16. The lowest BCUT2D eigenvalue weighted by Crippen LogP contribution is -2.22. The van der Waals surface area contributed by atoms with Gasteiger partial charge in [0, 0.05) is 22.5 Å². The van der Waals surface area contributed by atoms with E-state index in [0.717, 1.165) is 11.6 Å². The maximum atomic E-state index is 14.4. The van der Waals surface area contributed by atoms with Crippen molar-refractivity contribution in [2.75, 3.05) is 0 Å². The molecule has 8 heteroatoms. The SMILES string of the molecule is C=CC(c1ccc(C(C)C)cc1)S(=O)(=O)n1c(Cc2ccc(C(=O)O)c(F)c2)cc2cc(Cl)ccc21. The van der Waals surface area contributed by atoms with E-state index < -0.39 is 32.6 Å². The van der Waals surface area contributed by atoms with Crippen LogP contribution in [0.3, 0.4) is 0 Å². The summed E-state index contributed by atoms with van der Waals surface area (Å²) in [5, 5.41) is 9.15. The van der Waals surface area contributed by atoms with Crippen molar-refractivity contribution in [2.24, 2.45) is 0 Å². The Labute approximate surface area is 214 Å². The average Bonchev–Trinajstić information content (AvgIpc) is 3.17. The molecule has 5 nitrogen and oxygen atoms in total. The predicted molar refractivity (Wildman–Crippen MR) is 141 cm³/mol. The molecule has 3 aromatic carbocycles. The minimum absolute atomic E-state index is 0.0541. The van der Waals surface area contributed by atoms with E-state index in [1.165, 1.54) is 22.2 Å². The number of aromatic nitrogens is 1.